The van der Waals surface area contributed by atoms with E-state index in [4.69, 9.17) is 4.74 Å². The number of methoxy groups -OCH3 is 1. The second-order valence-electron chi connectivity index (χ2n) is 6.04. The zero-order chi connectivity index (χ0) is 15.2. The summed E-state index contributed by atoms with van der Waals surface area (Å²) in [6.07, 6.45) is 4.50. The number of carbonyl (C=O) groups is 2. The Labute approximate surface area is 126 Å². The predicted octanol–water partition coefficient (Wildman–Crippen LogP) is 0.245. The largest absolute Gasteiger partial charge is 0.389 e. The molecule has 1 heterocycles. The van der Waals surface area contributed by atoms with Crippen LogP contribution in [0.1, 0.15) is 32.1 Å². The average Bonchev–Trinajstić information content (AvgIpc) is 2.64. The summed E-state index contributed by atoms with van der Waals surface area (Å²) >= 11 is 0. The molecule has 1 saturated carbocycles. The van der Waals surface area contributed by atoms with E-state index in [1.54, 1.807) is 16.9 Å². The molecule has 0 bridgehead atoms. The van der Waals surface area contributed by atoms with Gasteiger partial charge >= 0.3 is 0 Å². The van der Waals surface area contributed by atoms with Gasteiger partial charge < -0.3 is 19.6 Å². The van der Waals surface area contributed by atoms with Crippen LogP contribution in [0.2, 0.25) is 0 Å². The van der Waals surface area contributed by atoms with Crippen LogP contribution in [0.4, 0.5) is 0 Å². The Hall–Kier alpha value is -1.14. The van der Waals surface area contributed by atoms with E-state index in [1.807, 2.05) is 0 Å². The lowest BCUT2D eigenvalue weighted by molar-refractivity contribution is -0.142. The minimum Gasteiger partial charge on any atom is -0.389 e. The van der Waals surface area contributed by atoms with Crippen molar-refractivity contribution >= 4 is 11.8 Å². The summed E-state index contributed by atoms with van der Waals surface area (Å²) < 4.78 is 4.98. The summed E-state index contributed by atoms with van der Waals surface area (Å²) in [5, 5.41) is 10.1. The maximum Gasteiger partial charge on any atom is 0.242 e. The molecule has 1 atom stereocenters. The number of ether oxygens (including phenoxy) is 1. The van der Waals surface area contributed by atoms with Crippen molar-refractivity contribution < 1.29 is 19.4 Å². The Morgan fingerprint density at radius 3 is 2.67 bits per heavy atom. The number of hydrogen-bond donors (Lipinski definition) is 1. The fourth-order valence-electron chi connectivity index (χ4n) is 3.19. The van der Waals surface area contributed by atoms with Gasteiger partial charge in [-0.05, 0) is 12.8 Å². The van der Waals surface area contributed by atoms with Gasteiger partial charge in [0.15, 0.2) is 0 Å². The number of aliphatic hydroxyl groups is 1. The van der Waals surface area contributed by atoms with Gasteiger partial charge in [-0.3, -0.25) is 9.59 Å². The Morgan fingerprint density at radius 2 is 2.00 bits per heavy atom. The van der Waals surface area contributed by atoms with Crippen LogP contribution in [0, 0.1) is 5.92 Å². The molecular formula is C15H26N2O4. The first kappa shape index (κ1) is 16.2. The molecule has 6 nitrogen and oxygen atoms in total. The lowest BCUT2D eigenvalue weighted by Crippen LogP contribution is -2.43. The number of nitrogens with zero attached hydrogens (tertiary/aromatic N) is 2. The van der Waals surface area contributed by atoms with Crippen LogP contribution in [0.3, 0.4) is 0 Å². The smallest absolute Gasteiger partial charge is 0.242 e. The van der Waals surface area contributed by atoms with Crippen LogP contribution in [-0.2, 0) is 14.3 Å². The van der Waals surface area contributed by atoms with Crippen molar-refractivity contribution in [1.82, 2.24) is 9.80 Å². The Balaban J connectivity index is 1.97. The molecule has 1 aliphatic heterocycles. The summed E-state index contributed by atoms with van der Waals surface area (Å²) in [6.45, 7) is 1.50. The lowest BCUT2D eigenvalue weighted by Gasteiger charge is -2.28. The second kappa shape index (κ2) is 7.75. The molecule has 21 heavy (non-hydrogen) atoms. The van der Waals surface area contributed by atoms with Crippen LogP contribution in [0.25, 0.3) is 0 Å². The van der Waals surface area contributed by atoms with Gasteiger partial charge in [-0.25, -0.2) is 0 Å². The third-order valence-electron chi connectivity index (χ3n) is 4.37. The molecule has 1 aliphatic carbocycles. The van der Waals surface area contributed by atoms with Crippen LogP contribution in [0.15, 0.2) is 0 Å². The molecule has 120 valence electrons. The Kier molecular flexibility index (Phi) is 5.99. The zero-order valence-corrected chi connectivity index (χ0v) is 12.8. The van der Waals surface area contributed by atoms with E-state index >= 15 is 0 Å². The SMILES string of the molecule is COCCN1CC(O)CN(C(=O)C2CCCCC2)CC1=O. The maximum atomic E-state index is 12.5. The normalized spacial score (nSPS) is 25.0. The first-order valence-electron chi connectivity index (χ1n) is 7.85. The highest BCUT2D eigenvalue weighted by molar-refractivity contribution is 5.86. The monoisotopic (exact) mass is 298 g/mol. The van der Waals surface area contributed by atoms with Crippen molar-refractivity contribution in [3.8, 4) is 0 Å². The average molecular weight is 298 g/mol. The minimum atomic E-state index is -0.680. The first-order chi connectivity index (χ1) is 10.1. The molecule has 2 rings (SSSR count). The number of amides is 2. The van der Waals surface area contributed by atoms with E-state index in [0.717, 1.165) is 25.7 Å². The third kappa shape index (κ3) is 4.41. The van der Waals surface area contributed by atoms with Gasteiger partial charge in [0.2, 0.25) is 11.8 Å². The molecule has 0 aromatic heterocycles. The topological polar surface area (TPSA) is 70.1 Å². The summed E-state index contributed by atoms with van der Waals surface area (Å²) in [6, 6.07) is 0. The summed E-state index contributed by atoms with van der Waals surface area (Å²) in [4.78, 5) is 27.9. The molecule has 2 fully saturated rings. The fraction of sp³-hybridized carbons (Fsp3) is 0.867. The van der Waals surface area contributed by atoms with Gasteiger partial charge in [0, 0.05) is 32.7 Å². The molecule has 0 aromatic carbocycles. The van der Waals surface area contributed by atoms with E-state index in [0.29, 0.717) is 13.2 Å². The van der Waals surface area contributed by atoms with Gasteiger partial charge in [0.05, 0.1) is 19.3 Å². The molecule has 6 heteroatoms. The standard InChI is InChI=1S/C15H26N2O4/c1-21-8-7-16-9-13(18)10-17(11-14(16)19)15(20)12-5-3-2-4-6-12/h12-13,18H,2-11H2,1H3. The van der Waals surface area contributed by atoms with Gasteiger partial charge in [0.1, 0.15) is 0 Å². The van der Waals surface area contributed by atoms with E-state index in [9.17, 15) is 14.7 Å². The molecule has 0 spiro atoms. The molecular weight excluding hydrogens is 272 g/mol. The number of β-amino-alcohol motifs (C(OH)–C–C–N with tert-alkyl or cyclic N) is 1. The van der Waals surface area contributed by atoms with Crippen LogP contribution in [0.5, 0.6) is 0 Å². The van der Waals surface area contributed by atoms with E-state index in [1.165, 1.54) is 6.42 Å². The molecule has 2 aliphatic rings. The van der Waals surface area contributed by atoms with Gasteiger partial charge in [-0.2, -0.15) is 0 Å². The highest BCUT2D eigenvalue weighted by Crippen LogP contribution is 2.26. The third-order valence-corrected chi connectivity index (χ3v) is 4.37. The second-order valence-corrected chi connectivity index (χ2v) is 6.04. The molecule has 1 N–H and O–H groups in total. The van der Waals surface area contributed by atoms with E-state index in [-0.39, 0.29) is 37.4 Å². The van der Waals surface area contributed by atoms with Crippen molar-refractivity contribution in [1.29, 1.82) is 0 Å². The van der Waals surface area contributed by atoms with Crippen molar-refractivity contribution in [3.05, 3.63) is 0 Å². The molecule has 2 amide bonds. The van der Waals surface area contributed by atoms with Crippen molar-refractivity contribution in [2.75, 3.05) is 39.9 Å². The van der Waals surface area contributed by atoms with Gasteiger partial charge in [-0.15, -0.1) is 0 Å². The highest BCUT2D eigenvalue weighted by Gasteiger charge is 2.32. The van der Waals surface area contributed by atoms with Crippen molar-refractivity contribution in [2.45, 2.75) is 38.2 Å². The Bertz CT molecular complexity index is 369. The summed E-state index contributed by atoms with van der Waals surface area (Å²) in [5.74, 6) is -0.0345. The number of hydrogen-bond acceptors (Lipinski definition) is 4. The lowest BCUT2D eigenvalue weighted by atomic mass is 9.88. The van der Waals surface area contributed by atoms with Crippen LogP contribution in [-0.4, -0.2) is 72.7 Å². The first-order valence-corrected chi connectivity index (χ1v) is 7.85. The Morgan fingerprint density at radius 1 is 1.29 bits per heavy atom. The van der Waals surface area contributed by atoms with Crippen molar-refractivity contribution in [2.24, 2.45) is 5.92 Å². The highest BCUT2D eigenvalue weighted by atomic mass is 16.5. The molecule has 0 radical (unpaired) electrons. The van der Waals surface area contributed by atoms with Crippen molar-refractivity contribution in [3.63, 3.8) is 0 Å². The quantitative estimate of drug-likeness (QED) is 0.807. The van der Waals surface area contributed by atoms with Gasteiger partial charge in [0.25, 0.3) is 0 Å². The summed E-state index contributed by atoms with van der Waals surface area (Å²) in [7, 11) is 1.58. The van der Waals surface area contributed by atoms with E-state index < -0.39 is 6.10 Å². The molecule has 1 unspecified atom stereocenters. The number of rotatable bonds is 4. The van der Waals surface area contributed by atoms with Gasteiger partial charge in [-0.1, -0.05) is 19.3 Å². The number of aliphatic hydroxyl groups excluding tert-OH is 1. The molecule has 1 saturated heterocycles. The fourth-order valence-corrected chi connectivity index (χ4v) is 3.19. The predicted molar refractivity (Wildman–Crippen MR) is 77.6 cm³/mol. The van der Waals surface area contributed by atoms with Crippen LogP contribution >= 0.6 is 0 Å². The number of carbonyl (C=O) groups excluding carboxylic acids is 2. The zero-order valence-electron chi connectivity index (χ0n) is 12.8. The summed E-state index contributed by atoms with van der Waals surface area (Å²) in [5.41, 5.74) is 0. The maximum absolute atomic E-state index is 12.5. The minimum absolute atomic E-state index is 0.0317. The molecule has 0 aromatic rings. The van der Waals surface area contributed by atoms with Crippen LogP contribution < -0.4 is 0 Å². The van der Waals surface area contributed by atoms with E-state index in [2.05, 4.69) is 0 Å².